The third kappa shape index (κ3) is 3.46. The number of urea groups is 1. The van der Waals surface area contributed by atoms with Gasteiger partial charge in [0.25, 0.3) is 5.91 Å². The molecule has 2 N–H and O–H groups in total. The highest BCUT2D eigenvalue weighted by Crippen LogP contribution is 2.35. The van der Waals surface area contributed by atoms with Gasteiger partial charge in [0.15, 0.2) is 6.61 Å². The molecule has 8 nitrogen and oxygen atoms in total. The summed E-state index contributed by atoms with van der Waals surface area (Å²) in [6, 6.07) is 5.29. The molecule has 1 aliphatic carbocycles. The topological polar surface area (TPSA) is 109 Å². The van der Waals surface area contributed by atoms with Crippen LogP contribution in [0.2, 0.25) is 0 Å². The maximum atomic E-state index is 12.6. The van der Waals surface area contributed by atoms with Crippen LogP contribution in [0.15, 0.2) is 24.4 Å². The Morgan fingerprint density at radius 1 is 1.20 bits per heavy atom. The number of esters is 1. The van der Waals surface area contributed by atoms with Gasteiger partial charge in [0.2, 0.25) is 5.78 Å². The van der Waals surface area contributed by atoms with Gasteiger partial charge in [0.1, 0.15) is 5.54 Å². The number of ether oxygens (including phenoxy) is 1. The van der Waals surface area contributed by atoms with Crippen molar-refractivity contribution in [3.63, 3.8) is 0 Å². The Hall–Kier alpha value is -3.16. The summed E-state index contributed by atoms with van der Waals surface area (Å²) in [5.74, 6) is -1.19. The van der Waals surface area contributed by atoms with E-state index in [9.17, 15) is 19.2 Å². The number of para-hydroxylation sites is 1. The van der Waals surface area contributed by atoms with Gasteiger partial charge in [0.05, 0.1) is 6.42 Å². The molecule has 2 heterocycles. The number of H-pyrrole nitrogens is 1. The minimum atomic E-state index is -0.788. The van der Waals surface area contributed by atoms with E-state index in [1.54, 1.807) is 6.20 Å². The highest BCUT2D eigenvalue weighted by molar-refractivity contribution is 6.09. The van der Waals surface area contributed by atoms with Gasteiger partial charge in [-0.3, -0.25) is 19.3 Å². The number of nitrogens with one attached hydrogen (secondary N) is 2. The highest BCUT2D eigenvalue weighted by Gasteiger charge is 2.52. The fourth-order valence-corrected chi connectivity index (χ4v) is 4.44. The number of hydrogen-bond acceptors (Lipinski definition) is 5. The number of aromatic nitrogens is 1. The molecule has 2 aromatic rings. The second-order valence-electron chi connectivity index (χ2n) is 7.91. The van der Waals surface area contributed by atoms with Crippen LogP contribution in [0, 0.1) is 0 Å². The normalized spacial score (nSPS) is 17.7. The van der Waals surface area contributed by atoms with Crippen LogP contribution in [0.1, 0.15) is 54.9 Å². The fourth-order valence-electron chi connectivity index (χ4n) is 4.44. The second kappa shape index (κ2) is 7.93. The number of nitrogens with zero attached hydrogens (tertiary/aromatic N) is 1. The highest BCUT2D eigenvalue weighted by atomic mass is 16.5. The lowest BCUT2D eigenvalue weighted by Gasteiger charge is -2.19. The summed E-state index contributed by atoms with van der Waals surface area (Å²) in [5.41, 5.74) is 1.71. The van der Waals surface area contributed by atoms with Crippen molar-refractivity contribution in [3.8, 4) is 0 Å². The number of carbonyl (C=O) groups is 4. The van der Waals surface area contributed by atoms with E-state index in [2.05, 4.69) is 10.3 Å². The van der Waals surface area contributed by atoms with Crippen molar-refractivity contribution in [2.45, 2.75) is 51.0 Å². The lowest BCUT2D eigenvalue weighted by atomic mass is 9.98. The molecular weight excluding hydrogens is 386 g/mol. The molecule has 1 spiro atoms. The Morgan fingerprint density at radius 2 is 1.97 bits per heavy atom. The standard InChI is InChI=1S/C22H25N3O5/c1-2-14-6-5-7-15-16(12-23-19(14)15)17(26)13-30-18(27)8-11-25-20(28)22(24-21(25)29)9-3-4-10-22/h5-7,12,23H,2-4,8-11,13H2,1H3,(H,24,29). The van der Waals surface area contributed by atoms with E-state index in [0.717, 1.165) is 40.6 Å². The summed E-state index contributed by atoms with van der Waals surface area (Å²) in [4.78, 5) is 53.6. The number of benzene rings is 1. The van der Waals surface area contributed by atoms with Gasteiger partial charge in [-0.2, -0.15) is 0 Å². The van der Waals surface area contributed by atoms with Crippen LogP contribution in [0.25, 0.3) is 10.9 Å². The van der Waals surface area contributed by atoms with Gasteiger partial charge in [0, 0.05) is 29.2 Å². The summed E-state index contributed by atoms with van der Waals surface area (Å²) in [6.45, 7) is 1.61. The number of fused-ring (bicyclic) bond motifs is 1. The molecule has 1 aliphatic heterocycles. The number of hydrogen-bond donors (Lipinski definition) is 2. The monoisotopic (exact) mass is 411 g/mol. The first kappa shape index (κ1) is 20.1. The zero-order valence-corrected chi connectivity index (χ0v) is 17.0. The van der Waals surface area contributed by atoms with E-state index in [0.29, 0.717) is 18.4 Å². The number of Topliss-reactive ketones (excluding diaryl/α,β-unsaturated/α-hetero) is 1. The van der Waals surface area contributed by atoms with Crippen molar-refractivity contribution in [2.75, 3.05) is 13.2 Å². The number of amides is 3. The molecule has 3 amide bonds. The minimum absolute atomic E-state index is 0.0492. The molecule has 1 aromatic carbocycles. The molecule has 1 aromatic heterocycles. The molecule has 0 radical (unpaired) electrons. The Bertz CT molecular complexity index is 1020. The number of carbonyl (C=O) groups excluding carboxylic acids is 4. The summed E-state index contributed by atoms with van der Waals surface area (Å²) in [6.07, 6.45) is 5.40. The van der Waals surface area contributed by atoms with E-state index < -0.39 is 17.5 Å². The van der Waals surface area contributed by atoms with Gasteiger partial charge in [-0.1, -0.05) is 38.0 Å². The molecule has 8 heteroatoms. The van der Waals surface area contributed by atoms with Gasteiger partial charge in [-0.25, -0.2) is 4.79 Å². The van der Waals surface area contributed by atoms with E-state index in [4.69, 9.17) is 4.74 Å². The number of rotatable bonds is 7. The van der Waals surface area contributed by atoms with Gasteiger partial charge >= 0.3 is 12.0 Å². The van der Waals surface area contributed by atoms with E-state index >= 15 is 0 Å². The summed E-state index contributed by atoms with van der Waals surface area (Å²) in [7, 11) is 0. The summed E-state index contributed by atoms with van der Waals surface area (Å²) >= 11 is 0. The SMILES string of the molecule is CCc1cccc2c(C(=O)COC(=O)CCN3C(=O)NC4(CCCC4)C3=O)c[nH]c12. The third-order valence-electron chi connectivity index (χ3n) is 6.09. The summed E-state index contributed by atoms with van der Waals surface area (Å²) < 4.78 is 5.11. The molecule has 0 unspecified atom stereocenters. The minimum Gasteiger partial charge on any atom is -0.457 e. The zero-order valence-electron chi connectivity index (χ0n) is 17.0. The first-order valence-corrected chi connectivity index (χ1v) is 10.4. The van der Waals surface area contributed by atoms with E-state index in [1.165, 1.54) is 0 Å². The fraction of sp³-hybridized carbons (Fsp3) is 0.455. The predicted octanol–water partition coefficient (Wildman–Crippen LogP) is 2.71. The van der Waals surface area contributed by atoms with Crippen LogP contribution in [0.4, 0.5) is 4.79 Å². The molecule has 2 aliphatic rings. The molecule has 0 bridgehead atoms. The van der Waals surface area contributed by atoms with Crippen molar-refractivity contribution in [1.29, 1.82) is 0 Å². The lowest BCUT2D eigenvalue weighted by Crippen LogP contribution is -2.44. The third-order valence-corrected chi connectivity index (χ3v) is 6.09. The van der Waals surface area contributed by atoms with Crippen molar-refractivity contribution in [2.24, 2.45) is 0 Å². The Labute approximate surface area is 173 Å². The molecule has 1 saturated carbocycles. The van der Waals surface area contributed by atoms with Crippen LogP contribution in [0.3, 0.4) is 0 Å². The smallest absolute Gasteiger partial charge is 0.325 e. The Morgan fingerprint density at radius 3 is 2.70 bits per heavy atom. The lowest BCUT2D eigenvalue weighted by molar-refractivity contribution is -0.143. The van der Waals surface area contributed by atoms with Crippen molar-refractivity contribution < 1.29 is 23.9 Å². The van der Waals surface area contributed by atoms with Crippen molar-refractivity contribution in [3.05, 3.63) is 35.5 Å². The first-order chi connectivity index (χ1) is 14.4. The number of aryl methyl sites for hydroxylation is 1. The van der Waals surface area contributed by atoms with Crippen LogP contribution < -0.4 is 5.32 Å². The average molecular weight is 411 g/mol. The maximum Gasteiger partial charge on any atom is 0.325 e. The Kier molecular flexibility index (Phi) is 5.32. The quantitative estimate of drug-likeness (QED) is 0.414. The average Bonchev–Trinajstić information content (AvgIpc) is 3.44. The van der Waals surface area contributed by atoms with Gasteiger partial charge in [-0.05, 0) is 24.8 Å². The Balaban J connectivity index is 1.32. The van der Waals surface area contributed by atoms with Crippen molar-refractivity contribution >= 4 is 34.6 Å². The number of ketones is 1. The molecule has 1 saturated heterocycles. The number of aromatic amines is 1. The van der Waals surface area contributed by atoms with Crippen molar-refractivity contribution in [1.82, 2.24) is 15.2 Å². The van der Waals surface area contributed by atoms with Crippen LogP contribution in [-0.4, -0.2) is 52.3 Å². The first-order valence-electron chi connectivity index (χ1n) is 10.4. The molecule has 0 atom stereocenters. The molecule has 4 rings (SSSR count). The molecular formula is C22H25N3O5. The molecule has 30 heavy (non-hydrogen) atoms. The largest absolute Gasteiger partial charge is 0.457 e. The van der Waals surface area contributed by atoms with E-state index in [-0.39, 0.29) is 31.3 Å². The molecule has 2 fully saturated rings. The van der Waals surface area contributed by atoms with Gasteiger partial charge in [-0.15, -0.1) is 0 Å². The number of imide groups is 1. The van der Waals surface area contributed by atoms with Crippen LogP contribution in [-0.2, 0) is 20.7 Å². The molecule has 158 valence electrons. The van der Waals surface area contributed by atoms with Gasteiger partial charge < -0.3 is 15.0 Å². The van der Waals surface area contributed by atoms with Crippen LogP contribution >= 0.6 is 0 Å². The summed E-state index contributed by atoms with van der Waals surface area (Å²) in [5, 5.41) is 3.58. The van der Waals surface area contributed by atoms with Crippen LogP contribution in [0.5, 0.6) is 0 Å². The maximum absolute atomic E-state index is 12.6. The predicted molar refractivity (Wildman–Crippen MR) is 109 cm³/mol. The second-order valence-corrected chi connectivity index (χ2v) is 7.91. The zero-order chi connectivity index (χ0) is 21.3. The van der Waals surface area contributed by atoms with E-state index in [1.807, 2.05) is 25.1 Å².